The molecule has 4 heteroatoms. The minimum absolute atomic E-state index is 0.0780. The smallest absolute Gasteiger partial charge is 0.227 e. The number of para-hydroxylation sites is 1. The zero-order chi connectivity index (χ0) is 14.7. The topological polar surface area (TPSA) is 38.3 Å². The number of alkyl halides is 1. The molecule has 0 saturated heterocycles. The van der Waals surface area contributed by atoms with E-state index in [1.54, 1.807) is 0 Å². The van der Waals surface area contributed by atoms with Crippen molar-refractivity contribution in [3.8, 4) is 5.75 Å². The summed E-state index contributed by atoms with van der Waals surface area (Å²) in [6.45, 7) is 1.37. The van der Waals surface area contributed by atoms with Crippen LogP contribution in [0.5, 0.6) is 5.75 Å². The Bertz CT molecular complexity index is 505. The number of hydrogen-bond donors (Lipinski definition) is 1. The van der Waals surface area contributed by atoms with Crippen molar-refractivity contribution in [1.29, 1.82) is 0 Å². The Kier molecular flexibility index (Phi) is 4.69. The summed E-state index contributed by atoms with van der Waals surface area (Å²) in [6.07, 6.45) is 4.37. The number of amides is 1. The normalized spacial score (nSPS) is 27.8. The first-order chi connectivity index (χ1) is 10.3. The second kappa shape index (κ2) is 6.69. The zero-order valence-electron chi connectivity index (χ0n) is 12.2. The Morgan fingerprint density at radius 3 is 2.90 bits per heavy atom. The van der Waals surface area contributed by atoms with Crippen LogP contribution in [0.3, 0.4) is 0 Å². The number of benzene rings is 1. The van der Waals surface area contributed by atoms with E-state index >= 15 is 0 Å². The number of ether oxygens (including phenoxy) is 1. The van der Waals surface area contributed by atoms with E-state index in [1.165, 1.54) is 19.3 Å². The van der Waals surface area contributed by atoms with Gasteiger partial charge in [-0.3, -0.25) is 4.79 Å². The summed E-state index contributed by atoms with van der Waals surface area (Å²) >= 11 is 6.00. The SMILES string of the molecule is O=C(NCC1CCCC1CCl)C1CCOc2ccccc21. The fourth-order valence-electron chi connectivity index (χ4n) is 3.55. The summed E-state index contributed by atoms with van der Waals surface area (Å²) in [5.41, 5.74) is 1.02. The summed E-state index contributed by atoms with van der Waals surface area (Å²) in [4.78, 5) is 12.5. The van der Waals surface area contributed by atoms with Crippen LogP contribution in [0.25, 0.3) is 0 Å². The minimum Gasteiger partial charge on any atom is -0.493 e. The standard InChI is InChI=1S/C17H22ClNO2/c18-10-12-4-3-5-13(12)11-19-17(20)15-8-9-21-16-7-2-1-6-14(15)16/h1-2,6-7,12-13,15H,3-5,8-11H2,(H,19,20). The molecule has 1 fully saturated rings. The maximum absolute atomic E-state index is 12.5. The Morgan fingerprint density at radius 2 is 2.05 bits per heavy atom. The molecule has 3 rings (SSSR count). The second-order valence-electron chi connectivity index (χ2n) is 6.08. The summed E-state index contributed by atoms with van der Waals surface area (Å²) in [6, 6.07) is 7.85. The van der Waals surface area contributed by atoms with Crippen LogP contribution < -0.4 is 10.1 Å². The molecule has 3 unspecified atom stereocenters. The summed E-state index contributed by atoms with van der Waals surface area (Å²) < 4.78 is 5.62. The fraction of sp³-hybridized carbons (Fsp3) is 0.588. The van der Waals surface area contributed by atoms with Gasteiger partial charge in [0.2, 0.25) is 5.91 Å². The lowest BCUT2D eigenvalue weighted by atomic mass is 9.91. The molecule has 1 heterocycles. The lowest BCUT2D eigenvalue weighted by molar-refractivity contribution is -0.123. The molecule has 3 nitrogen and oxygen atoms in total. The van der Waals surface area contributed by atoms with Crippen LogP contribution in [0.2, 0.25) is 0 Å². The monoisotopic (exact) mass is 307 g/mol. The van der Waals surface area contributed by atoms with Crippen molar-refractivity contribution < 1.29 is 9.53 Å². The Balaban J connectivity index is 1.61. The predicted molar refractivity (Wildman–Crippen MR) is 83.9 cm³/mol. The van der Waals surface area contributed by atoms with Gasteiger partial charge in [-0.2, -0.15) is 0 Å². The Labute approximate surface area is 131 Å². The maximum atomic E-state index is 12.5. The van der Waals surface area contributed by atoms with Crippen LogP contribution in [-0.2, 0) is 4.79 Å². The van der Waals surface area contributed by atoms with Gasteiger partial charge in [0, 0.05) is 18.0 Å². The van der Waals surface area contributed by atoms with Crippen molar-refractivity contribution >= 4 is 17.5 Å². The van der Waals surface area contributed by atoms with Gasteiger partial charge < -0.3 is 10.1 Å². The number of carbonyl (C=O) groups is 1. The molecule has 1 aliphatic heterocycles. The van der Waals surface area contributed by atoms with Gasteiger partial charge in [-0.05, 0) is 37.2 Å². The molecular weight excluding hydrogens is 286 g/mol. The minimum atomic E-state index is -0.0780. The highest BCUT2D eigenvalue weighted by Crippen LogP contribution is 2.34. The fourth-order valence-corrected chi connectivity index (χ4v) is 3.96. The maximum Gasteiger partial charge on any atom is 0.227 e. The average Bonchev–Trinajstić information content (AvgIpc) is 2.99. The molecule has 3 atom stereocenters. The van der Waals surface area contributed by atoms with E-state index in [0.29, 0.717) is 24.3 Å². The van der Waals surface area contributed by atoms with Crippen LogP contribution in [0.1, 0.15) is 37.2 Å². The van der Waals surface area contributed by atoms with E-state index < -0.39 is 0 Å². The molecule has 1 aromatic rings. The quantitative estimate of drug-likeness (QED) is 0.867. The molecule has 1 N–H and O–H groups in total. The van der Waals surface area contributed by atoms with E-state index in [4.69, 9.17) is 16.3 Å². The predicted octanol–water partition coefficient (Wildman–Crippen LogP) is 3.32. The van der Waals surface area contributed by atoms with Gasteiger partial charge in [0.1, 0.15) is 5.75 Å². The van der Waals surface area contributed by atoms with Gasteiger partial charge in [0.05, 0.1) is 12.5 Å². The Hall–Kier alpha value is -1.22. The lowest BCUT2D eigenvalue weighted by Gasteiger charge is -2.26. The highest BCUT2D eigenvalue weighted by molar-refractivity contribution is 6.18. The van der Waals surface area contributed by atoms with Crippen molar-refractivity contribution in [3.63, 3.8) is 0 Å². The molecular formula is C17H22ClNO2. The van der Waals surface area contributed by atoms with Crippen LogP contribution >= 0.6 is 11.6 Å². The highest BCUT2D eigenvalue weighted by atomic mass is 35.5. The highest BCUT2D eigenvalue weighted by Gasteiger charge is 2.30. The first-order valence-corrected chi connectivity index (χ1v) is 8.38. The summed E-state index contributed by atoms with van der Waals surface area (Å²) in [7, 11) is 0. The van der Waals surface area contributed by atoms with Gasteiger partial charge in [0.25, 0.3) is 0 Å². The van der Waals surface area contributed by atoms with Crippen molar-refractivity contribution in [1.82, 2.24) is 5.32 Å². The number of carbonyl (C=O) groups excluding carboxylic acids is 1. The molecule has 0 radical (unpaired) electrons. The van der Waals surface area contributed by atoms with E-state index in [9.17, 15) is 4.79 Å². The third-order valence-corrected chi connectivity index (χ3v) is 5.22. The molecule has 21 heavy (non-hydrogen) atoms. The van der Waals surface area contributed by atoms with E-state index in [-0.39, 0.29) is 11.8 Å². The van der Waals surface area contributed by atoms with Gasteiger partial charge in [-0.1, -0.05) is 24.6 Å². The van der Waals surface area contributed by atoms with Crippen LogP contribution in [0.15, 0.2) is 24.3 Å². The van der Waals surface area contributed by atoms with Gasteiger partial charge in [0.15, 0.2) is 0 Å². The molecule has 1 aromatic carbocycles. The zero-order valence-corrected chi connectivity index (χ0v) is 12.9. The molecule has 2 aliphatic rings. The number of halogens is 1. The number of fused-ring (bicyclic) bond motifs is 1. The molecule has 1 saturated carbocycles. The van der Waals surface area contributed by atoms with Crippen molar-refractivity contribution in [2.75, 3.05) is 19.0 Å². The Morgan fingerprint density at radius 1 is 1.24 bits per heavy atom. The van der Waals surface area contributed by atoms with E-state index in [0.717, 1.165) is 24.3 Å². The van der Waals surface area contributed by atoms with Gasteiger partial charge in [-0.25, -0.2) is 0 Å². The van der Waals surface area contributed by atoms with Crippen molar-refractivity contribution in [3.05, 3.63) is 29.8 Å². The van der Waals surface area contributed by atoms with Crippen LogP contribution in [-0.4, -0.2) is 24.9 Å². The third kappa shape index (κ3) is 3.18. The first kappa shape index (κ1) is 14.7. The van der Waals surface area contributed by atoms with E-state index in [1.807, 2.05) is 24.3 Å². The number of nitrogens with one attached hydrogen (secondary N) is 1. The molecule has 114 valence electrons. The van der Waals surface area contributed by atoms with Crippen molar-refractivity contribution in [2.45, 2.75) is 31.6 Å². The van der Waals surface area contributed by atoms with Gasteiger partial charge in [-0.15, -0.1) is 11.6 Å². The molecule has 1 aliphatic carbocycles. The number of rotatable bonds is 4. The van der Waals surface area contributed by atoms with Crippen molar-refractivity contribution in [2.24, 2.45) is 11.8 Å². The first-order valence-electron chi connectivity index (χ1n) is 7.85. The summed E-state index contributed by atoms with van der Waals surface area (Å²) in [5, 5.41) is 3.15. The summed E-state index contributed by atoms with van der Waals surface area (Å²) in [5.74, 6) is 2.72. The largest absolute Gasteiger partial charge is 0.493 e. The van der Waals surface area contributed by atoms with Crippen LogP contribution in [0, 0.1) is 11.8 Å². The van der Waals surface area contributed by atoms with Gasteiger partial charge >= 0.3 is 0 Å². The molecule has 0 aromatic heterocycles. The third-order valence-electron chi connectivity index (χ3n) is 4.83. The lowest BCUT2D eigenvalue weighted by Crippen LogP contribution is -2.36. The second-order valence-corrected chi connectivity index (χ2v) is 6.39. The molecule has 0 bridgehead atoms. The molecule has 1 amide bonds. The number of hydrogen-bond acceptors (Lipinski definition) is 2. The molecule has 0 spiro atoms. The van der Waals surface area contributed by atoms with Crippen LogP contribution in [0.4, 0.5) is 0 Å². The average molecular weight is 308 g/mol. The van der Waals surface area contributed by atoms with E-state index in [2.05, 4.69) is 5.32 Å².